The summed E-state index contributed by atoms with van der Waals surface area (Å²) in [5, 5.41) is 3.71. The summed E-state index contributed by atoms with van der Waals surface area (Å²) in [7, 11) is 1.56. The van der Waals surface area contributed by atoms with Crippen molar-refractivity contribution in [2.75, 3.05) is 7.11 Å². The van der Waals surface area contributed by atoms with E-state index in [4.69, 9.17) is 18.9 Å². The van der Waals surface area contributed by atoms with Crippen molar-refractivity contribution in [2.45, 2.75) is 53.2 Å². The number of carbonyl (C=O) groups excluding carboxylic acids is 1. The maximum absolute atomic E-state index is 14.0. The number of nitrogens with zero attached hydrogens (tertiary/aromatic N) is 1. The minimum atomic E-state index is -0.313. The number of ether oxygens (including phenoxy) is 2. The highest BCUT2D eigenvalue weighted by atomic mass is 32.1. The van der Waals surface area contributed by atoms with Gasteiger partial charge in [-0.1, -0.05) is 39.0 Å². The first-order valence-electron chi connectivity index (χ1n) is 13.8. The Bertz CT molecular complexity index is 1540. The zero-order valence-electron chi connectivity index (χ0n) is 23.8. The van der Waals surface area contributed by atoms with Gasteiger partial charge >= 0.3 is 0 Å². The van der Waals surface area contributed by atoms with E-state index in [1.165, 1.54) is 10.9 Å². The molecule has 1 amide bonds. The van der Waals surface area contributed by atoms with Gasteiger partial charge in [-0.15, -0.1) is 11.3 Å². The molecule has 0 unspecified atom stereocenters. The number of fused-ring (bicyclic) bond motifs is 1. The van der Waals surface area contributed by atoms with E-state index in [0.717, 1.165) is 30.4 Å². The molecule has 1 N–H and O–H groups in total. The molecule has 0 aliphatic heterocycles. The quantitative estimate of drug-likeness (QED) is 0.206. The summed E-state index contributed by atoms with van der Waals surface area (Å²) in [6.07, 6.45) is 6.18. The minimum absolute atomic E-state index is 0.0866. The van der Waals surface area contributed by atoms with Gasteiger partial charge in [-0.2, -0.15) is 0 Å². The maximum atomic E-state index is 14.0. The summed E-state index contributed by atoms with van der Waals surface area (Å²) in [6.45, 7) is 7.25. The van der Waals surface area contributed by atoms with Crippen molar-refractivity contribution in [1.29, 1.82) is 0 Å². The fraction of sp³-hybridized carbons (Fsp3) is 0.333. The Morgan fingerprint density at radius 1 is 1.17 bits per heavy atom. The minimum Gasteiger partial charge on any atom is -0.493 e. The van der Waals surface area contributed by atoms with Crippen LogP contribution >= 0.6 is 11.3 Å². The van der Waals surface area contributed by atoms with E-state index in [0.29, 0.717) is 45.8 Å². The second-order valence-corrected chi connectivity index (χ2v) is 12.4. The van der Waals surface area contributed by atoms with Crippen molar-refractivity contribution in [3.05, 3.63) is 99.6 Å². The van der Waals surface area contributed by atoms with Gasteiger partial charge in [0.05, 0.1) is 25.5 Å². The Hall–Kier alpha value is -3.91. The average Bonchev–Trinajstić information content (AvgIpc) is 3.61. The SMILES string of the molecule is COc1cc(C=Nc2sc3c(c2C(=O)NCc2ccco2)CC[C@@H](C(C)(C)C)C3)ccc1OCc1ccccc1F. The lowest BCUT2D eigenvalue weighted by Crippen LogP contribution is -2.28. The molecule has 0 radical (unpaired) electrons. The van der Waals surface area contributed by atoms with Crippen molar-refractivity contribution in [3.8, 4) is 11.5 Å². The van der Waals surface area contributed by atoms with Gasteiger partial charge in [-0.25, -0.2) is 9.38 Å². The number of furan rings is 1. The number of aliphatic imine (C=N–C) groups is 1. The number of halogens is 1. The summed E-state index contributed by atoms with van der Waals surface area (Å²) in [4.78, 5) is 19.5. The van der Waals surface area contributed by atoms with Crippen molar-refractivity contribution in [3.63, 3.8) is 0 Å². The van der Waals surface area contributed by atoms with Crippen LogP contribution in [0.15, 0.2) is 70.3 Å². The molecule has 6 nitrogen and oxygen atoms in total. The molecule has 2 aromatic carbocycles. The summed E-state index contributed by atoms with van der Waals surface area (Å²) in [6, 6.07) is 15.6. The molecule has 41 heavy (non-hydrogen) atoms. The van der Waals surface area contributed by atoms with Crippen LogP contribution in [-0.4, -0.2) is 19.2 Å². The highest BCUT2D eigenvalue weighted by molar-refractivity contribution is 7.16. The molecule has 5 rings (SSSR count). The zero-order chi connectivity index (χ0) is 29.0. The van der Waals surface area contributed by atoms with E-state index in [-0.39, 0.29) is 23.7 Å². The van der Waals surface area contributed by atoms with Crippen molar-refractivity contribution in [1.82, 2.24) is 5.32 Å². The molecule has 1 aliphatic carbocycles. The van der Waals surface area contributed by atoms with Gasteiger partial charge in [0.1, 0.15) is 23.2 Å². The van der Waals surface area contributed by atoms with Crippen LogP contribution in [0.3, 0.4) is 0 Å². The Morgan fingerprint density at radius 3 is 2.73 bits per heavy atom. The van der Waals surface area contributed by atoms with Crippen LogP contribution in [0.25, 0.3) is 0 Å². The fourth-order valence-electron chi connectivity index (χ4n) is 5.09. The van der Waals surface area contributed by atoms with Crippen LogP contribution in [0.5, 0.6) is 11.5 Å². The zero-order valence-corrected chi connectivity index (χ0v) is 24.6. The molecular weight excluding hydrogens is 539 g/mol. The van der Waals surface area contributed by atoms with Gasteiger partial charge in [0, 0.05) is 16.7 Å². The topological polar surface area (TPSA) is 73.1 Å². The first-order valence-corrected chi connectivity index (χ1v) is 14.6. The molecule has 2 aromatic heterocycles. The number of thiophene rings is 1. The van der Waals surface area contributed by atoms with Gasteiger partial charge in [-0.3, -0.25) is 4.79 Å². The number of methoxy groups -OCH3 is 1. The Morgan fingerprint density at radius 2 is 2.00 bits per heavy atom. The predicted molar refractivity (Wildman–Crippen MR) is 160 cm³/mol. The lowest BCUT2D eigenvalue weighted by atomic mass is 9.72. The highest BCUT2D eigenvalue weighted by Crippen LogP contribution is 2.45. The van der Waals surface area contributed by atoms with E-state index < -0.39 is 0 Å². The van der Waals surface area contributed by atoms with Crippen LogP contribution in [-0.2, 0) is 26.0 Å². The van der Waals surface area contributed by atoms with Crippen LogP contribution in [0.2, 0.25) is 0 Å². The van der Waals surface area contributed by atoms with Gasteiger partial charge < -0.3 is 19.2 Å². The lowest BCUT2D eigenvalue weighted by molar-refractivity contribution is 0.0947. The molecule has 2 heterocycles. The fourth-order valence-corrected chi connectivity index (χ4v) is 6.36. The average molecular weight is 575 g/mol. The van der Waals surface area contributed by atoms with Crippen molar-refractivity contribution < 1.29 is 23.1 Å². The Kier molecular flexibility index (Phi) is 8.59. The third-order valence-corrected chi connectivity index (χ3v) is 8.72. The number of hydrogen-bond acceptors (Lipinski definition) is 6. The van der Waals surface area contributed by atoms with E-state index >= 15 is 0 Å². The molecule has 0 spiro atoms. The molecule has 8 heteroatoms. The summed E-state index contributed by atoms with van der Waals surface area (Å²) < 4.78 is 30.8. The van der Waals surface area contributed by atoms with Crippen LogP contribution < -0.4 is 14.8 Å². The Labute approximate surface area is 244 Å². The highest BCUT2D eigenvalue weighted by Gasteiger charge is 2.33. The molecule has 1 atom stereocenters. The molecule has 0 saturated heterocycles. The number of hydrogen-bond donors (Lipinski definition) is 1. The number of amides is 1. The second-order valence-electron chi connectivity index (χ2n) is 11.3. The molecular formula is C33H35FN2O4S. The van der Waals surface area contributed by atoms with Gasteiger partial charge in [0.15, 0.2) is 11.5 Å². The van der Waals surface area contributed by atoms with Gasteiger partial charge in [0.25, 0.3) is 5.91 Å². The number of nitrogens with one attached hydrogen (secondary N) is 1. The molecule has 214 valence electrons. The summed E-state index contributed by atoms with van der Waals surface area (Å²) in [5.41, 5.74) is 3.21. The van der Waals surface area contributed by atoms with Crippen LogP contribution in [0, 0.1) is 17.2 Å². The third kappa shape index (κ3) is 6.70. The third-order valence-electron chi connectivity index (χ3n) is 7.56. The monoisotopic (exact) mass is 574 g/mol. The normalized spacial score (nSPS) is 15.1. The van der Waals surface area contributed by atoms with E-state index in [9.17, 15) is 9.18 Å². The van der Waals surface area contributed by atoms with E-state index in [2.05, 4.69) is 26.1 Å². The summed E-state index contributed by atoms with van der Waals surface area (Å²) in [5.74, 6) is 1.81. The van der Waals surface area contributed by atoms with E-state index in [1.807, 2.05) is 18.2 Å². The van der Waals surface area contributed by atoms with Crippen LogP contribution in [0.1, 0.15) is 64.9 Å². The first kappa shape index (κ1) is 28.6. The first-order chi connectivity index (χ1) is 19.7. The van der Waals surface area contributed by atoms with E-state index in [1.54, 1.807) is 61.3 Å². The largest absolute Gasteiger partial charge is 0.493 e. The lowest BCUT2D eigenvalue weighted by Gasteiger charge is -2.33. The second kappa shape index (κ2) is 12.3. The van der Waals surface area contributed by atoms with Crippen LogP contribution in [0.4, 0.5) is 9.39 Å². The molecule has 0 bridgehead atoms. The predicted octanol–water partition coefficient (Wildman–Crippen LogP) is 7.90. The Balaban J connectivity index is 1.39. The summed E-state index contributed by atoms with van der Waals surface area (Å²) >= 11 is 1.60. The number of benzene rings is 2. The molecule has 0 saturated carbocycles. The smallest absolute Gasteiger partial charge is 0.255 e. The van der Waals surface area contributed by atoms with Gasteiger partial charge in [0.2, 0.25) is 0 Å². The number of rotatable bonds is 9. The number of carbonyl (C=O) groups is 1. The molecule has 4 aromatic rings. The van der Waals surface area contributed by atoms with Crippen molar-refractivity contribution >= 4 is 28.5 Å². The maximum Gasteiger partial charge on any atom is 0.255 e. The standard InChI is InChI=1S/C33H35FN2O4S/c1-33(2,3)23-12-13-25-29(17-23)41-32(30(25)31(37)35-19-24-9-7-15-39-24)36-18-21-11-14-27(28(16-21)38-4)40-20-22-8-5-6-10-26(22)34/h5-11,14-16,18,23H,12-13,17,19-20H2,1-4H3,(H,35,37)/t23-/m1/s1. The molecule has 1 aliphatic rings. The van der Waals surface area contributed by atoms with Crippen molar-refractivity contribution in [2.24, 2.45) is 16.3 Å². The molecule has 0 fully saturated rings. The van der Waals surface area contributed by atoms with Gasteiger partial charge in [-0.05, 0) is 78.1 Å².